The second kappa shape index (κ2) is 7.36. The van der Waals surface area contributed by atoms with E-state index >= 15 is 0 Å². The summed E-state index contributed by atoms with van der Waals surface area (Å²) in [4.78, 5) is 22.9. The topological polar surface area (TPSA) is 75.6 Å². The van der Waals surface area contributed by atoms with Gasteiger partial charge in [0, 0.05) is 6.61 Å². The van der Waals surface area contributed by atoms with Crippen LogP contribution in [0.3, 0.4) is 0 Å². The van der Waals surface area contributed by atoms with E-state index < -0.39 is 12.0 Å². The van der Waals surface area contributed by atoms with Crippen LogP contribution in [0.25, 0.3) is 0 Å². The Labute approximate surface area is 108 Å². The summed E-state index contributed by atoms with van der Waals surface area (Å²) in [6, 6.07) is -0.800. The van der Waals surface area contributed by atoms with E-state index in [2.05, 4.69) is 5.32 Å². The highest BCUT2D eigenvalue weighted by molar-refractivity contribution is 5.83. The minimum absolute atomic E-state index is 0.0508. The molecule has 0 radical (unpaired) electrons. The molecule has 1 aliphatic heterocycles. The van der Waals surface area contributed by atoms with E-state index in [0.717, 1.165) is 25.7 Å². The monoisotopic (exact) mass is 257 g/mol. The van der Waals surface area contributed by atoms with Crippen molar-refractivity contribution >= 4 is 11.9 Å². The van der Waals surface area contributed by atoms with E-state index in [1.807, 2.05) is 13.8 Å². The lowest BCUT2D eigenvalue weighted by atomic mass is 9.98. The second-order valence-corrected chi connectivity index (χ2v) is 4.96. The highest BCUT2D eigenvalue weighted by Gasteiger charge is 2.26. The number of nitrogens with one attached hydrogen (secondary N) is 1. The molecule has 0 saturated carbocycles. The maximum Gasteiger partial charge on any atom is 0.326 e. The Kier molecular flexibility index (Phi) is 6.12. The van der Waals surface area contributed by atoms with Crippen LogP contribution in [0.15, 0.2) is 0 Å². The summed E-state index contributed by atoms with van der Waals surface area (Å²) < 4.78 is 5.47. The van der Waals surface area contributed by atoms with Crippen molar-refractivity contribution in [3.05, 3.63) is 0 Å². The largest absolute Gasteiger partial charge is 0.480 e. The van der Waals surface area contributed by atoms with E-state index in [0.29, 0.717) is 6.61 Å². The van der Waals surface area contributed by atoms with Gasteiger partial charge in [0.25, 0.3) is 0 Å². The SMILES string of the molecule is CC[C@H](C)[C@H](NC(=O)CC1CCCCO1)C(=O)O. The summed E-state index contributed by atoms with van der Waals surface area (Å²) in [6.07, 6.45) is 3.94. The normalized spacial score (nSPS) is 23.1. The lowest BCUT2D eigenvalue weighted by Crippen LogP contribution is -2.46. The summed E-state index contributed by atoms with van der Waals surface area (Å²) in [6.45, 7) is 4.44. The third kappa shape index (κ3) is 4.64. The molecule has 1 saturated heterocycles. The molecule has 3 atom stereocenters. The second-order valence-electron chi connectivity index (χ2n) is 4.96. The molecule has 0 aromatic carbocycles. The van der Waals surface area contributed by atoms with Crippen LogP contribution in [0.1, 0.15) is 46.0 Å². The Bertz CT molecular complexity index is 287. The first-order valence-electron chi connectivity index (χ1n) is 6.68. The number of carbonyl (C=O) groups excluding carboxylic acids is 1. The molecule has 1 amide bonds. The van der Waals surface area contributed by atoms with Crippen molar-refractivity contribution in [2.45, 2.75) is 58.1 Å². The fraction of sp³-hybridized carbons (Fsp3) is 0.846. The summed E-state index contributed by atoms with van der Waals surface area (Å²) in [5.41, 5.74) is 0. The predicted octanol–water partition coefficient (Wildman–Crippen LogP) is 1.56. The third-order valence-corrected chi connectivity index (χ3v) is 3.48. The van der Waals surface area contributed by atoms with Gasteiger partial charge >= 0.3 is 5.97 Å². The number of hydrogen-bond acceptors (Lipinski definition) is 3. The Morgan fingerprint density at radius 3 is 2.67 bits per heavy atom. The fourth-order valence-corrected chi connectivity index (χ4v) is 2.09. The van der Waals surface area contributed by atoms with Crippen LogP contribution in [0.2, 0.25) is 0 Å². The van der Waals surface area contributed by atoms with Crippen LogP contribution in [-0.4, -0.2) is 35.7 Å². The molecular weight excluding hydrogens is 234 g/mol. The Morgan fingerprint density at radius 2 is 2.17 bits per heavy atom. The first-order valence-corrected chi connectivity index (χ1v) is 6.68. The molecule has 0 spiro atoms. The zero-order chi connectivity index (χ0) is 13.5. The molecule has 0 bridgehead atoms. The van der Waals surface area contributed by atoms with Gasteiger partial charge in [0.2, 0.25) is 5.91 Å². The molecule has 5 heteroatoms. The Morgan fingerprint density at radius 1 is 1.44 bits per heavy atom. The maximum absolute atomic E-state index is 11.8. The number of aliphatic carboxylic acids is 1. The van der Waals surface area contributed by atoms with Crippen LogP contribution in [0, 0.1) is 5.92 Å². The fourth-order valence-electron chi connectivity index (χ4n) is 2.09. The summed E-state index contributed by atoms with van der Waals surface area (Å²) >= 11 is 0. The molecule has 104 valence electrons. The average molecular weight is 257 g/mol. The lowest BCUT2D eigenvalue weighted by molar-refractivity contribution is -0.144. The van der Waals surface area contributed by atoms with E-state index in [4.69, 9.17) is 9.84 Å². The molecule has 0 aromatic rings. The minimum Gasteiger partial charge on any atom is -0.480 e. The van der Waals surface area contributed by atoms with Crippen molar-refractivity contribution in [1.29, 1.82) is 0 Å². The first-order chi connectivity index (χ1) is 8.54. The van der Waals surface area contributed by atoms with Crippen LogP contribution in [0.4, 0.5) is 0 Å². The summed E-state index contributed by atoms with van der Waals surface area (Å²) in [7, 11) is 0. The van der Waals surface area contributed by atoms with Crippen molar-refractivity contribution < 1.29 is 19.4 Å². The molecule has 1 fully saturated rings. The molecule has 5 nitrogen and oxygen atoms in total. The van der Waals surface area contributed by atoms with E-state index in [-0.39, 0.29) is 24.3 Å². The average Bonchev–Trinajstić information content (AvgIpc) is 2.36. The molecule has 1 rings (SSSR count). The maximum atomic E-state index is 11.8. The molecule has 2 N–H and O–H groups in total. The quantitative estimate of drug-likeness (QED) is 0.757. The van der Waals surface area contributed by atoms with Crippen molar-refractivity contribution in [1.82, 2.24) is 5.32 Å². The van der Waals surface area contributed by atoms with Gasteiger partial charge in [0.15, 0.2) is 0 Å². The van der Waals surface area contributed by atoms with Gasteiger partial charge in [0.1, 0.15) is 6.04 Å². The van der Waals surface area contributed by atoms with Gasteiger partial charge in [-0.3, -0.25) is 4.79 Å². The van der Waals surface area contributed by atoms with Gasteiger partial charge < -0.3 is 15.2 Å². The van der Waals surface area contributed by atoms with Crippen LogP contribution in [0.5, 0.6) is 0 Å². The third-order valence-electron chi connectivity index (χ3n) is 3.48. The molecule has 0 aliphatic carbocycles. The number of ether oxygens (including phenoxy) is 1. The van der Waals surface area contributed by atoms with Crippen molar-refractivity contribution in [2.75, 3.05) is 6.61 Å². The molecule has 0 aromatic heterocycles. The minimum atomic E-state index is -0.970. The number of carboxylic acid groups (broad SMARTS) is 1. The Balaban J connectivity index is 2.42. The zero-order valence-corrected chi connectivity index (χ0v) is 11.1. The number of carboxylic acids is 1. The van der Waals surface area contributed by atoms with Gasteiger partial charge in [-0.15, -0.1) is 0 Å². The standard InChI is InChI=1S/C13H23NO4/c1-3-9(2)12(13(16)17)14-11(15)8-10-6-4-5-7-18-10/h9-10,12H,3-8H2,1-2H3,(H,14,15)(H,16,17)/t9-,10?,12-/m0/s1. The molecule has 1 aliphatic rings. The molecular formula is C13H23NO4. The van der Waals surface area contributed by atoms with Gasteiger partial charge in [-0.2, -0.15) is 0 Å². The first kappa shape index (κ1) is 15.0. The Hall–Kier alpha value is -1.10. The van der Waals surface area contributed by atoms with E-state index in [1.165, 1.54) is 0 Å². The molecule has 1 unspecified atom stereocenters. The van der Waals surface area contributed by atoms with Crippen molar-refractivity contribution in [3.63, 3.8) is 0 Å². The van der Waals surface area contributed by atoms with Gasteiger partial charge in [-0.25, -0.2) is 4.79 Å². The number of carbonyl (C=O) groups is 2. The summed E-state index contributed by atoms with van der Waals surface area (Å²) in [5, 5.41) is 11.7. The highest BCUT2D eigenvalue weighted by atomic mass is 16.5. The van der Waals surface area contributed by atoms with Gasteiger partial charge in [0.05, 0.1) is 12.5 Å². The van der Waals surface area contributed by atoms with Gasteiger partial charge in [-0.1, -0.05) is 20.3 Å². The van der Waals surface area contributed by atoms with Gasteiger partial charge in [-0.05, 0) is 25.2 Å². The van der Waals surface area contributed by atoms with Crippen LogP contribution in [-0.2, 0) is 14.3 Å². The van der Waals surface area contributed by atoms with Crippen molar-refractivity contribution in [3.8, 4) is 0 Å². The number of hydrogen-bond donors (Lipinski definition) is 2. The zero-order valence-electron chi connectivity index (χ0n) is 11.1. The lowest BCUT2D eigenvalue weighted by Gasteiger charge is -2.24. The van der Waals surface area contributed by atoms with Crippen LogP contribution >= 0.6 is 0 Å². The summed E-state index contributed by atoms with van der Waals surface area (Å²) in [5.74, 6) is -1.27. The highest BCUT2D eigenvalue weighted by Crippen LogP contribution is 2.16. The molecule has 18 heavy (non-hydrogen) atoms. The molecule has 1 heterocycles. The smallest absolute Gasteiger partial charge is 0.326 e. The van der Waals surface area contributed by atoms with Crippen molar-refractivity contribution in [2.24, 2.45) is 5.92 Å². The number of amides is 1. The van der Waals surface area contributed by atoms with E-state index in [1.54, 1.807) is 0 Å². The number of rotatable bonds is 6. The predicted molar refractivity (Wildman–Crippen MR) is 67.2 cm³/mol. The van der Waals surface area contributed by atoms with Crippen LogP contribution < -0.4 is 5.32 Å². The van der Waals surface area contributed by atoms with E-state index in [9.17, 15) is 9.59 Å².